The number of unbranched alkanes of at least 4 members (excludes halogenated alkanes) is 27. The van der Waals surface area contributed by atoms with E-state index in [1.54, 1.807) is 0 Å². The Morgan fingerprint density at radius 1 is 0.516 bits per heavy atom. The number of carbonyl (C=O) groups excluding carboxylic acids is 2. The van der Waals surface area contributed by atoms with Gasteiger partial charge in [0.05, 0.1) is 13.2 Å². The fourth-order valence-corrected chi connectivity index (χ4v) is 7.80. The van der Waals surface area contributed by atoms with Crippen LogP contribution in [0.15, 0.2) is 36.5 Å². The highest BCUT2D eigenvalue weighted by molar-refractivity contribution is 7.47. The second kappa shape index (κ2) is 45.3. The largest absolute Gasteiger partial charge is 0.480 e. The summed E-state index contributed by atoms with van der Waals surface area (Å²) in [5, 5.41) is 8.91. The highest BCUT2D eigenvalue weighted by atomic mass is 31.2. The highest BCUT2D eigenvalue weighted by Crippen LogP contribution is 2.43. The number of carbonyl (C=O) groups is 3. The molecule has 3 atom stereocenters. The van der Waals surface area contributed by atoms with E-state index in [-0.39, 0.29) is 19.4 Å². The molecule has 62 heavy (non-hydrogen) atoms. The maximum Gasteiger partial charge on any atom is 0.472 e. The molecule has 0 amide bonds. The van der Waals surface area contributed by atoms with Crippen LogP contribution in [-0.4, -0.2) is 59.9 Å². The summed E-state index contributed by atoms with van der Waals surface area (Å²) >= 11 is 0. The zero-order chi connectivity index (χ0) is 45.6. The van der Waals surface area contributed by atoms with E-state index >= 15 is 0 Å². The molecule has 0 aliphatic carbocycles. The molecule has 4 N–H and O–H groups in total. The van der Waals surface area contributed by atoms with Gasteiger partial charge < -0.3 is 25.2 Å². The summed E-state index contributed by atoms with van der Waals surface area (Å²) in [5.41, 5.74) is 5.34. The van der Waals surface area contributed by atoms with Crippen molar-refractivity contribution in [1.29, 1.82) is 0 Å². The number of phosphoric ester groups is 1. The number of ether oxygens (including phenoxy) is 2. The van der Waals surface area contributed by atoms with Gasteiger partial charge in [-0.1, -0.05) is 211 Å². The molecular weight excluding hydrogens is 806 g/mol. The van der Waals surface area contributed by atoms with Gasteiger partial charge in [0.2, 0.25) is 0 Å². The van der Waals surface area contributed by atoms with E-state index in [1.165, 1.54) is 122 Å². The molecule has 0 aromatic rings. The number of carboxylic acids is 1. The number of phosphoric acid groups is 1. The number of allylic oxidation sites excluding steroid dienone is 6. The zero-order valence-corrected chi connectivity index (χ0v) is 40.4. The second-order valence-corrected chi connectivity index (χ2v) is 18.4. The van der Waals surface area contributed by atoms with Gasteiger partial charge >= 0.3 is 25.7 Å². The predicted octanol–water partition coefficient (Wildman–Crippen LogP) is 14.0. The highest BCUT2D eigenvalue weighted by Gasteiger charge is 2.28. The standard InChI is InChI=1S/C50H92NO10P/c1-3-5-7-9-11-13-15-17-19-20-21-22-23-24-25-26-28-29-31-33-35-37-39-41-48(52)58-43-46(44-59-62(56,57)60-45-47(51)50(54)55)61-49(53)42-40-38-36-34-32-30-27-18-16-14-12-10-8-6-4-2/h6,8,12,14,18,27,46-47H,3-5,7,9-11,13,15-17,19-26,28-45,51H2,1-2H3,(H,54,55)(H,56,57)/b8-6-,14-12-,27-18-/t46-,47+/m1/s1. The third-order valence-electron chi connectivity index (χ3n) is 10.9. The SMILES string of the molecule is CC/C=C\C/C=C\C/C=C\CCCCCCCC(=O)O[C@H](COC(=O)CCCCCCCCCCCCCCCCCCCCCCCCC)COP(=O)(O)OC[C@H](N)C(=O)O. The Labute approximate surface area is 378 Å². The maximum atomic E-state index is 12.6. The topological polar surface area (TPSA) is 172 Å². The molecule has 1 unspecified atom stereocenters. The zero-order valence-electron chi connectivity index (χ0n) is 39.5. The van der Waals surface area contributed by atoms with E-state index in [2.05, 4.69) is 54.8 Å². The predicted molar refractivity (Wildman–Crippen MR) is 254 cm³/mol. The van der Waals surface area contributed by atoms with Crippen LogP contribution in [0.4, 0.5) is 0 Å². The molecule has 0 saturated heterocycles. The summed E-state index contributed by atoms with van der Waals surface area (Å²) in [7, 11) is -4.72. The number of aliphatic carboxylic acids is 1. The Hall–Kier alpha value is -2.30. The van der Waals surface area contributed by atoms with Gasteiger partial charge in [-0.15, -0.1) is 0 Å². The number of esters is 2. The molecule has 12 heteroatoms. The van der Waals surface area contributed by atoms with E-state index in [0.29, 0.717) is 12.8 Å². The average Bonchev–Trinajstić information content (AvgIpc) is 3.25. The molecule has 0 heterocycles. The number of hydrogen-bond acceptors (Lipinski definition) is 9. The maximum absolute atomic E-state index is 12.6. The minimum absolute atomic E-state index is 0.143. The van der Waals surface area contributed by atoms with E-state index < -0.39 is 51.1 Å². The number of carboxylic acid groups (broad SMARTS) is 1. The van der Waals surface area contributed by atoms with Crippen LogP contribution in [0, 0.1) is 0 Å². The fourth-order valence-electron chi connectivity index (χ4n) is 7.02. The Balaban J connectivity index is 4.19. The summed E-state index contributed by atoms with van der Waals surface area (Å²) < 4.78 is 32.8. The van der Waals surface area contributed by atoms with Crippen molar-refractivity contribution in [3.05, 3.63) is 36.5 Å². The van der Waals surface area contributed by atoms with Crippen molar-refractivity contribution in [2.45, 2.75) is 244 Å². The van der Waals surface area contributed by atoms with Crippen molar-refractivity contribution in [1.82, 2.24) is 0 Å². The van der Waals surface area contributed by atoms with Gasteiger partial charge in [0.15, 0.2) is 6.10 Å². The van der Waals surface area contributed by atoms with Crippen LogP contribution in [0.5, 0.6) is 0 Å². The molecule has 0 rings (SSSR count). The lowest BCUT2D eigenvalue weighted by Gasteiger charge is -2.20. The smallest absolute Gasteiger partial charge is 0.472 e. The Morgan fingerprint density at radius 3 is 1.35 bits per heavy atom. The summed E-state index contributed by atoms with van der Waals surface area (Å²) in [6, 6.07) is -1.52. The molecule has 0 spiro atoms. The Morgan fingerprint density at radius 2 is 0.903 bits per heavy atom. The Kier molecular flexibility index (Phi) is 43.6. The van der Waals surface area contributed by atoms with Crippen LogP contribution in [0.1, 0.15) is 232 Å². The molecule has 0 aliphatic heterocycles. The normalized spacial score (nSPS) is 13.9. The second-order valence-electron chi connectivity index (χ2n) is 16.9. The van der Waals surface area contributed by atoms with E-state index in [0.717, 1.165) is 70.6 Å². The van der Waals surface area contributed by atoms with Gasteiger partial charge in [-0.25, -0.2) is 4.57 Å². The van der Waals surface area contributed by atoms with Gasteiger partial charge in [-0.2, -0.15) is 0 Å². The van der Waals surface area contributed by atoms with Crippen molar-refractivity contribution < 1.29 is 47.5 Å². The first-order valence-corrected chi connectivity index (χ1v) is 26.5. The average molecular weight is 898 g/mol. The van der Waals surface area contributed by atoms with Crippen LogP contribution in [0.3, 0.4) is 0 Å². The quantitative estimate of drug-likeness (QED) is 0.0230. The van der Waals surface area contributed by atoms with Crippen molar-refractivity contribution in [2.24, 2.45) is 5.73 Å². The van der Waals surface area contributed by atoms with E-state index in [1.807, 2.05) is 0 Å². The lowest BCUT2D eigenvalue weighted by atomic mass is 10.0. The molecular formula is C50H92NO10P. The minimum atomic E-state index is -4.72. The summed E-state index contributed by atoms with van der Waals surface area (Å²) in [4.78, 5) is 46.1. The van der Waals surface area contributed by atoms with Crippen LogP contribution < -0.4 is 5.73 Å². The molecule has 362 valence electrons. The van der Waals surface area contributed by atoms with Gasteiger partial charge in [0.25, 0.3) is 0 Å². The van der Waals surface area contributed by atoms with Gasteiger partial charge in [-0.3, -0.25) is 23.4 Å². The molecule has 0 saturated carbocycles. The number of rotatable bonds is 47. The minimum Gasteiger partial charge on any atom is -0.480 e. The lowest BCUT2D eigenvalue weighted by molar-refractivity contribution is -0.161. The summed E-state index contributed by atoms with van der Waals surface area (Å²) in [6.45, 7) is 2.71. The monoisotopic (exact) mass is 898 g/mol. The summed E-state index contributed by atoms with van der Waals surface area (Å²) in [5.74, 6) is -2.39. The molecule has 0 radical (unpaired) electrons. The van der Waals surface area contributed by atoms with Gasteiger partial charge in [-0.05, 0) is 44.9 Å². The molecule has 0 fully saturated rings. The molecule has 0 aromatic heterocycles. The van der Waals surface area contributed by atoms with Gasteiger partial charge in [0, 0.05) is 12.8 Å². The van der Waals surface area contributed by atoms with Crippen LogP contribution in [0.2, 0.25) is 0 Å². The first-order valence-electron chi connectivity index (χ1n) is 25.0. The first-order chi connectivity index (χ1) is 30.1. The molecule has 11 nitrogen and oxygen atoms in total. The first kappa shape index (κ1) is 59.7. The third-order valence-corrected chi connectivity index (χ3v) is 11.9. The van der Waals surface area contributed by atoms with Crippen molar-refractivity contribution in [3.8, 4) is 0 Å². The van der Waals surface area contributed by atoms with Crippen LogP contribution in [-0.2, 0) is 37.5 Å². The summed E-state index contributed by atoms with van der Waals surface area (Å²) in [6.07, 6.45) is 50.8. The van der Waals surface area contributed by atoms with E-state index in [4.69, 9.17) is 24.8 Å². The fraction of sp³-hybridized carbons (Fsp3) is 0.820. The van der Waals surface area contributed by atoms with Gasteiger partial charge in [0.1, 0.15) is 12.6 Å². The number of nitrogens with two attached hydrogens (primary N) is 1. The lowest BCUT2D eigenvalue weighted by Crippen LogP contribution is -2.34. The molecule has 0 bridgehead atoms. The number of hydrogen-bond donors (Lipinski definition) is 3. The van der Waals surface area contributed by atoms with E-state index in [9.17, 15) is 23.8 Å². The molecule has 0 aromatic carbocycles. The van der Waals surface area contributed by atoms with Crippen molar-refractivity contribution >= 4 is 25.7 Å². The van der Waals surface area contributed by atoms with Crippen LogP contribution in [0.25, 0.3) is 0 Å². The van der Waals surface area contributed by atoms with Crippen LogP contribution >= 0.6 is 7.82 Å². The molecule has 0 aliphatic rings. The van der Waals surface area contributed by atoms with Crippen molar-refractivity contribution in [2.75, 3.05) is 19.8 Å². The Bertz CT molecular complexity index is 1190. The van der Waals surface area contributed by atoms with Crippen molar-refractivity contribution in [3.63, 3.8) is 0 Å². The third kappa shape index (κ3) is 44.3.